The van der Waals surface area contributed by atoms with Gasteiger partial charge in [-0.05, 0) is 65.9 Å². The van der Waals surface area contributed by atoms with Crippen LogP contribution in [0.5, 0.6) is 0 Å². The monoisotopic (exact) mass is 337 g/mol. The highest BCUT2D eigenvalue weighted by molar-refractivity contribution is 5.84. The lowest BCUT2D eigenvalue weighted by atomic mass is 9.93. The van der Waals surface area contributed by atoms with E-state index in [-0.39, 0.29) is 12.0 Å². The first-order chi connectivity index (χ1) is 11.1. The van der Waals surface area contributed by atoms with Crippen LogP contribution in [-0.2, 0) is 14.3 Å². The Bertz CT molecular complexity index is 498. The molecule has 0 aromatic carbocycles. The third-order valence-corrected chi connectivity index (χ3v) is 3.64. The van der Waals surface area contributed by atoms with Gasteiger partial charge < -0.3 is 14.8 Å². The van der Waals surface area contributed by atoms with E-state index in [1.54, 1.807) is 6.08 Å². The molecule has 1 heterocycles. The van der Waals surface area contributed by atoms with E-state index >= 15 is 0 Å². The molecule has 136 valence electrons. The Morgan fingerprint density at radius 3 is 2.58 bits per heavy atom. The number of hydrogen-bond donors (Lipinski definition) is 1. The lowest BCUT2D eigenvalue weighted by Crippen LogP contribution is -2.46. The second-order valence-electron chi connectivity index (χ2n) is 7.71. The molecule has 1 amide bonds. The highest BCUT2D eigenvalue weighted by atomic mass is 16.6. The molecule has 0 bridgehead atoms. The molecule has 1 rings (SSSR count). The first kappa shape index (κ1) is 20.3. The zero-order valence-corrected chi connectivity index (χ0v) is 15.7. The van der Waals surface area contributed by atoms with E-state index in [2.05, 4.69) is 32.2 Å². The molecule has 0 saturated carbocycles. The highest BCUT2D eigenvalue weighted by Crippen LogP contribution is 2.21. The van der Waals surface area contributed by atoms with Gasteiger partial charge in [-0.1, -0.05) is 18.6 Å². The van der Waals surface area contributed by atoms with Gasteiger partial charge in [0.15, 0.2) is 0 Å². The predicted octanol–water partition coefficient (Wildman–Crippen LogP) is 4.13. The van der Waals surface area contributed by atoms with Crippen molar-refractivity contribution in [1.29, 1.82) is 0 Å². The van der Waals surface area contributed by atoms with E-state index in [0.29, 0.717) is 5.92 Å². The summed E-state index contributed by atoms with van der Waals surface area (Å²) in [4.78, 5) is 23.4. The number of rotatable bonds is 7. The van der Waals surface area contributed by atoms with Crippen LogP contribution in [0.2, 0.25) is 0 Å². The normalized spacial score (nSPS) is 19.4. The van der Waals surface area contributed by atoms with Crippen molar-refractivity contribution >= 4 is 12.1 Å². The lowest BCUT2D eigenvalue weighted by Gasteiger charge is -2.27. The molecule has 0 aromatic rings. The summed E-state index contributed by atoms with van der Waals surface area (Å²) in [5.41, 5.74) is 0.740. The molecule has 0 aromatic heterocycles. The van der Waals surface area contributed by atoms with Crippen LogP contribution in [0.25, 0.3) is 0 Å². The number of ether oxygens (including phenoxy) is 2. The number of allylic oxidation sites excluding steroid dienone is 2. The van der Waals surface area contributed by atoms with Crippen LogP contribution < -0.4 is 5.32 Å². The van der Waals surface area contributed by atoms with Gasteiger partial charge >= 0.3 is 12.1 Å². The second kappa shape index (κ2) is 8.90. The molecule has 0 saturated heterocycles. The van der Waals surface area contributed by atoms with Gasteiger partial charge in [-0.25, -0.2) is 9.59 Å². The van der Waals surface area contributed by atoms with Crippen molar-refractivity contribution in [3.05, 3.63) is 23.8 Å². The van der Waals surface area contributed by atoms with Crippen molar-refractivity contribution in [3.63, 3.8) is 0 Å². The van der Waals surface area contributed by atoms with Crippen LogP contribution >= 0.6 is 0 Å². The molecule has 2 unspecified atom stereocenters. The smallest absolute Gasteiger partial charge is 0.408 e. The number of hydrogen-bond acceptors (Lipinski definition) is 4. The Morgan fingerprint density at radius 1 is 1.42 bits per heavy atom. The van der Waals surface area contributed by atoms with Crippen LogP contribution in [0.15, 0.2) is 23.8 Å². The van der Waals surface area contributed by atoms with Gasteiger partial charge in [0.2, 0.25) is 0 Å². The Hall–Kier alpha value is -1.78. The van der Waals surface area contributed by atoms with E-state index in [4.69, 9.17) is 9.47 Å². The van der Waals surface area contributed by atoms with E-state index < -0.39 is 17.8 Å². The number of carbonyl (C=O) groups excluding carboxylic acids is 2. The van der Waals surface area contributed by atoms with Crippen molar-refractivity contribution in [2.75, 3.05) is 0 Å². The Balaban J connectivity index is 2.64. The molecule has 5 heteroatoms. The zero-order chi connectivity index (χ0) is 18.3. The Kier molecular flexibility index (Phi) is 7.52. The topological polar surface area (TPSA) is 64.6 Å². The number of carbonyl (C=O) groups is 2. The van der Waals surface area contributed by atoms with Gasteiger partial charge in [0.05, 0.1) is 6.04 Å². The van der Waals surface area contributed by atoms with Gasteiger partial charge in [0, 0.05) is 6.08 Å². The summed E-state index contributed by atoms with van der Waals surface area (Å²) in [5.74, 6) is 0.0152. The molecule has 1 N–H and O–H groups in total. The van der Waals surface area contributed by atoms with Gasteiger partial charge in [-0.2, -0.15) is 0 Å². The maximum atomic E-state index is 12.1. The summed E-state index contributed by atoms with van der Waals surface area (Å²) in [6, 6.07) is -0.288. The summed E-state index contributed by atoms with van der Waals surface area (Å²) < 4.78 is 10.6. The van der Waals surface area contributed by atoms with Crippen LogP contribution in [0, 0.1) is 5.92 Å². The lowest BCUT2D eigenvalue weighted by molar-refractivity contribution is -0.139. The Labute approximate surface area is 145 Å². The molecular formula is C19H31NO4. The van der Waals surface area contributed by atoms with Gasteiger partial charge in [-0.3, -0.25) is 0 Å². The maximum Gasteiger partial charge on any atom is 0.408 e. The summed E-state index contributed by atoms with van der Waals surface area (Å²) >= 11 is 0. The number of cyclic esters (lactones) is 1. The van der Waals surface area contributed by atoms with Crippen molar-refractivity contribution < 1.29 is 19.1 Å². The number of nitrogens with one attached hydrogen (secondary N) is 1. The molecular weight excluding hydrogens is 306 g/mol. The van der Waals surface area contributed by atoms with Crippen LogP contribution in [-0.4, -0.2) is 29.8 Å². The summed E-state index contributed by atoms with van der Waals surface area (Å²) in [6.45, 7) is 11.8. The van der Waals surface area contributed by atoms with Gasteiger partial charge in [0.25, 0.3) is 0 Å². The molecule has 0 spiro atoms. The third-order valence-electron chi connectivity index (χ3n) is 3.64. The van der Waals surface area contributed by atoms with Gasteiger partial charge in [0.1, 0.15) is 11.7 Å². The molecule has 5 nitrogen and oxygen atoms in total. The molecule has 0 aliphatic carbocycles. The van der Waals surface area contributed by atoms with Crippen molar-refractivity contribution in [2.45, 2.75) is 78.6 Å². The van der Waals surface area contributed by atoms with Crippen LogP contribution in [0.4, 0.5) is 4.79 Å². The van der Waals surface area contributed by atoms with Crippen molar-refractivity contribution in [3.8, 4) is 0 Å². The third kappa shape index (κ3) is 8.18. The fourth-order valence-electron chi connectivity index (χ4n) is 2.54. The molecule has 1 aliphatic heterocycles. The SMILES string of the molecule is CC(C)=CCC[C@@H](C)CC(NC(=O)OC(C)(C)C)C1C=CC(=O)O1. The molecule has 0 fully saturated rings. The van der Waals surface area contributed by atoms with E-state index in [0.717, 1.165) is 19.3 Å². The number of amides is 1. The standard InChI is InChI=1S/C19H31NO4/c1-13(2)8-7-9-14(3)12-15(16-10-11-17(21)23-16)20-18(22)24-19(4,5)6/h8,10-11,14-16H,7,9,12H2,1-6H3,(H,20,22)/t14-,15?,16?/m1/s1. The number of esters is 1. The summed E-state index contributed by atoms with van der Waals surface area (Å²) in [7, 11) is 0. The Morgan fingerprint density at radius 2 is 2.08 bits per heavy atom. The summed E-state index contributed by atoms with van der Waals surface area (Å²) in [6.07, 6.45) is 7.14. The number of alkyl carbamates (subject to hydrolysis) is 1. The first-order valence-electron chi connectivity index (χ1n) is 8.58. The predicted molar refractivity (Wildman–Crippen MR) is 94.6 cm³/mol. The molecule has 3 atom stereocenters. The fourth-order valence-corrected chi connectivity index (χ4v) is 2.54. The first-order valence-corrected chi connectivity index (χ1v) is 8.58. The van der Waals surface area contributed by atoms with E-state index in [1.165, 1.54) is 11.6 Å². The summed E-state index contributed by atoms with van der Waals surface area (Å²) in [5, 5.41) is 2.86. The second-order valence-corrected chi connectivity index (χ2v) is 7.71. The highest BCUT2D eigenvalue weighted by Gasteiger charge is 2.30. The average molecular weight is 337 g/mol. The molecule has 24 heavy (non-hydrogen) atoms. The van der Waals surface area contributed by atoms with Gasteiger partial charge in [-0.15, -0.1) is 0 Å². The quantitative estimate of drug-likeness (QED) is 0.560. The minimum Gasteiger partial charge on any atom is -0.453 e. The van der Waals surface area contributed by atoms with E-state index in [9.17, 15) is 9.59 Å². The average Bonchev–Trinajstić information content (AvgIpc) is 2.82. The maximum absolute atomic E-state index is 12.1. The van der Waals surface area contributed by atoms with E-state index in [1.807, 2.05) is 20.8 Å². The van der Waals surface area contributed by atoms with Crippen molar-refractivity contribution in [1.82, 2.24) is 5.32 Å². The zero-order valence-electron chi connectivity index (χ0n) is 15.7. The largest absolute Gasteiger partial charge is 0.453 e. The minimum atomic E-state index is -0.564. The molecule has 1 aliphatic rings. The van der Waals surface area contributed by atoms with Crippen LogP contribution in [0.3, 0.4) is 0 Å². The van der Waals surface area contributed by atoms with Crippen molar-refractivity contribution in [2.24, 2.45) is 5.92 Å². The minimum absolute atomic E-state index is 0.288. The fraction of sp³-hybridized carbons (Fsp3) is 0.684. The van der Waals surface area contributed by atoms with Crippen LogP contribution in [0.1, 0.15) is 60.8 Å². The molecule has 0 radical (unpaired) electrons.